The molecular weight excluding hydrogens is 1410 g/mol. The predicted octanol–water partition coefficient (Wildman–Crippen LogP) is 25.5. The SMILES string of the molecule is Clc1nc(-c2ccc(-c3ccccc3)cc2)cc(-c2ccc(-c3cccc(-c4ccccc4)c3)cc2)n1.OB(O)c1cccc(-n2c3ccccc3c3ccccc32)c1.c1ccc(-c2ccc(-c3cc(-c4ccc(-c5cccc(-c6ccccc6)c5)cc4)nc(-c4cccc(-n5c6ccccc6c6ccccc65)c4)n3)cc2)cc1. The molecule has 20 rings (SSSR count). The summed E-state index contributed by atoms with van der Waals surface area (Å²) in [4.78, 5) is 19.5. The fourth-order valence-electron chi connectivity index (χ4n) is 15.2. The van der Waals surface area contributed by atoms with Crippen molar-refractivity contribution in [2.45, 2.75) is 0 Å². The van der Waals surface area contributed by atoms with Crippen molar-refractivity contribution >= 4 is 67.8 Å². The van der Waals surface area contributed by atoms with Crippen molar-refractivity contribution in [2.24, 2.45) is 0 Å². The topological polar surface area (TPSA) is 102 Å². The number of hydrogen-bond donors (Lipinski definition) is 2. The largest absolute Gasteiger partial charge is 0.488 e. The molecule has 0 fully saturated rings. The molecule has 20 aromatic rings. The van der Waals surface area contributed by atoms with Crippen LogP contribution in [0.1, 0.15) is 0 Å². The van der Waals surface area contributed by atoms with Gasteiger partial charge in [-0.2, -0.15) is 0 Å². The van der Waals surface area contributed by atoms with E-state index in [0.29, 0.717) is 11.3 Å². The highest BCUT2D eigenvalue weighted by Gasteiger charge is 2.19. The van der Waals surface area contributed by atoms with Crippen LogP contribution in [0.15, 0.2) is 425 Å². The number of halogens is 1. The molecule has 0 aliphatic carbocycles. The van der Waals surface area contributed by atoms with E-state index in [9.17, 15) is 10.0 Å². The van der Waals surface area contributed by atoms with Crippen molar-refractivity contribution in [1.29, 1.82) is 0 Å². The van der Waals surface area contributed by atoms with Crippen LogP contribution in [0, 0.1) is 0 Å². The first-order valence-electron chi connectivity index (χ1n) is 38.1. The monoisotopic (exact) mass is 1480 g/mol. The Kier molecular flexibility index (Phi) is 20.1. The molecule has 0 bridgehead atoms. The highest BCUT2D eigenvalue weighted by Crippen LogP contribution is 2.39. The van der Waals surface area contributed by atoms with Gasteiger partial charge >= 0.3 is 7.12 Å². The van der Waals surface area contributed by atoms with Gasteiger partial charge in [-0.1, -0.05) is 352 Å². The molecule has 0 unspecified atom stereocenters. The highest BCUT2D eigenvalue weighted by molar-refractivity contribution is 6.58. The quantitative estimate of drug-likeness (QED) is 0.0831. The van der Waals surface area contributed by atoms with E-state index in [4.69, 9.17) is 21.6 Å². The fourth-order valence-corrected chi connectivity index (χ4v) is 15.4. The molecule has 0 amide bonds. The van der Waals surface area contributed by atoms with Crippen molar-refractivity contribution in [3.63, 3.8) is 0 Å². The van der Waals surface area contributed by atoms with Gasteiger partial charge in [-0.05, 0) is 157 Å². The van der Waals surface area contributed by atoms with Gasteiger partial charge in [0.1, 0.15) is 0 Å². The van der Waals surface area contributed by atoms with E-state index >= 15 is 0 Å². The third-order valence-corrected chi connectivity index (χ3v) is 21.1. The zero-order chi connectivity index (χ0) is 76.7. The van der Waals surface area contributed by atoms with Gasteiger partial charge in [0.25, 0.3) is 0 Å². The average Bonchev–Trinajstić information content (AvgIpc) is 1.60. The molecule has 4 heterocycles. The van der Waals surface area contributed by atoms with Crippen LogP contribution in [-0.4, -0.2) is 46.2 Å². The lowest BCUT2D eigenvalue weighted by Crippen LogP contribution is -2.29. The molecule has 540 valence electrons. The van der Waals surface area contributed by atoms with Crippen LogP contribution in [0.5, 0.6) is 0 Å². The maximum atomic E-state index is 9.42. The van der Waals surface area contributed by atoms with Crippen LogP contribution in [0.2, 0.25) is 5.28 Å². The maximum absolute atomic E-state index is 9.42. The van der Waals surface area contributed by atoms with Crippen molar-refractivity contribution in [1.82, 2.24) is 29.1 Å². The standard InChI is InChI=1S/C52H35N3.C34H23ClN2.C18H14BNO2/c1-3-13-36(14-4-1)38-25-29-40(30-26-38)48-35-49(41-31-27-39(28-32-41)43-18-11-17-42(33-43)37-15-5-2-6-16-37)54-52(53-48)44-19-12-20-45(34-44)55-50-23-9-7-21-46(50)47-22-8-10-24-51(47)55;35-34-36-32(28-18-14-26(15-19-28)24-8-3-1-4-9-24)23-33(37-34)29-20-16-27(17-21-29)31-13-7-12-30(22-31)25-10-5-2-6-11-25;21-19(22)13-6-5-7-14(12-13)20-17-10-3-1-8-15(17)16-9-2-4-11-18(16)20/h1-35H;1-23H;1-12,21-22H. The van der Waals surface area contributed by atoms with Crippen molar-refractivity contribution in [3.05, 3.63) is 430 Å². The van der Waals surface area contributed by atoms with Crippen LogP contribution < -0.4 is 5.46 Å². The summed E-state index contributed by atoms with van der Waals surface area (Å²) in [5.74, 6) is 0.682. The van der Waals surface area contributed by atoms with E-state index in [1.807, 2.05) is 78.9 Å². The van der Waals surface area contributed by atoms with Crippen LogP contribution in [0.25, 0.3) is 178 Å². The summed E-state index contributed by atoms with van der Waals surface area (Å²) in [5.41, 5.74) is 29.6. The number of hydrogen-bond acceptors (Lipinski definition) is 6. The van der Waals surface area contributed by atoms with Crippen LogP contribution in [0.3, 0.4) is 0 Å². The summed E-state index contributed by atoms with van der Waals surface area (Å²) in [6, 6.07) is 147. The normalized spacial score (nSPS) is 11.1. The molecule has 2 N–H and O–H groups in total. The molecule has 4 aromatic heterocycles. The second kappa shape index (κ2) is 32.2. The zero-order valence-corrected chi connectivity index (χ0v) is 62.7. The lowest BCUT2D eigenvalue weighted by atomic mass is 9.80. The van der Waals surface area contributed by atoms with Gasteiger partial charge in [-0.15, -0.1) is 0 Å². The van der Waals surface area contributed by atoms with Crippen LogP contribution in [0.4, 0.5) is 0 Å². The van der Waals surface area contributed by atoms with Crippen molar-refractivity contribution < 1.29 is 10.0 Å². The lowest BCUT2D eigenvalue weighted by Gasteiger charge is -2.13. The summed E-state index contributed by atoms with van der Waals surface area (Å²) >= 11 is 6.36. The van der Waals surface area contributed by atoms with Gasteiger partial charge in [0.05, 0.1) is 44.8 Å². The summed E-state index contributed by atoms with van der Waals surface area (Å²) in [5, 5.41) is 23.9. The van der Waals surface area contributed by atoms with E-state index in [1.54, 1.807) is 6.07 Å². The molecule has 0 spiro atoms. The predicted molar refractivity (Wildman–Crippen MR) is 474 cm³/mol. The molecule has 0 saturated carbocycles. The minimum Gasteiger partial charge on any atom is -0.423 e. The molecule has 114 heavy (non-hydrogen) atoms. The Bertz CT molecular complexity index is 6690. The number of nitrogens with zero attached hydrogens (tertiary/aromatic N) is 6. The van der Waals surface area contributed by atoms with Gasteiger partial charge in [-0.25, -0.2) is 19.9 Å². The Morgan fingerprint density at radius 2 is 0.447 bits per heavy atom. The summed E-state index contributed by atoms with van der Waals surface area (Å²) in [6.07, 6.45) is 0. The maximum Gasteiger partial charge on any atom is 0.488 e. The van der Waals surface area contributed by atoms with E-state index in [-0.39, 0.29) is 5.28 Å². The molecule has 0 saturated heterocycles. The Morgan fingerprint density at radius 3 is 0.789 bits per heavy atom. The lowest BCUT2D eigenvalue weighted by molar-refractivity contribution is 0.425. The van der Waals surface area contributed by atoms with Crippen molar-refractivity contribution in [3.8, 4) is 135 Å². The smallest absolute Gasteiger partial charge is 0.423 e. The summed E-state index contributed by atoms with van der Waals surface area (Å²) in [7, 11) is -1.46. The number of benzene rings is 16. The molecule has 10 heteroatoms. The Morgan fingerprint density at radius 1 is 0.202 bits per heavy atom. The van der Waals surface area contributed by atoms with Crippen molar-refractivity contribution in [2.75, 3.05) is 0 Å². The highest BCUT2D eigenvalue weighted by atomic mass is 35.5. The second-order valence-electron chi connectivity index (χ2n) is 28.1. The third kappa shape index (κ3) is 15.1. The average molecular weight is 1480 g/mol. The minimum atomic E-state index is -1.46. The molecular formula is C104H72BClN6O2. The summed E-state index contributed by atoms with van der Waals surface area (Å²) in [6.45, 7) is 0. The molecule has 8 nitrogen and oxygen atoms in total. The van der Waals surface area contributed by atoms with Gasteiger partial charge in [0, 0.05) is 60.7 Å². The van der Waals surface area contributed by atoms with E-state index in [2.05, 4.69) is 359 Å². The van der Waals surface area contributed by atoms with E-state index in [1.165, 1.54) is 82.6 Å². The number of aromatic nitrogens is 6. The molecule has 0 radical (unpaired) electrons. The Balaban J connectivity index is 0.000000131. The second-order valence-corrected chi connectivity index (χ2v) is 28.4. The first-order chi connectivity index (χ1) is 56.2. The van der Waals surface area contributed by atoms with Gasteiger partial charge in [0.15, 0.2) is 5.82 Å². The van der Waals surface area contributed by atoms with E-state index in [0.717, 1.165) is 89.7 Å². The van der Waals surface area contributed by atoms with E-state index < -0.39 is 7.12 Å². The van der Waals surface area contributed by atoms with Gasteiger partial charge < -0.3 is 19.2 Å². The zero-order valence-electron chi connectivity index (χ0n) is 61.9. The molecule has 0 atom stereocenters. The fraction of sp³-hybridized carbons (Fsp3) is 0. The number of rotatable bonds is 14. The van der Waals surface area contributed by atoms with Gasteiger partial charge in [0.2, 0.25) is 5.28 Å². The number of fused-ring (bicyclic) bond motifs is 6. The number of para-hydroxylation sites is 4. The first kappa shape index (κ1) is 71.2. The van der Waals surface area contributed by atoms with Crippen LogP contribution in [-0.2, 0) is 0 Å². The summed E-state index contributed by atoms with van der Waals surface area (Å²) < 4.78 is 4.49. The first-order valence-corrected chi connectivity index (χ1v) is 38.4. The minimum absolute atomic E-state index is 0.235. The van der Waals surface area contributed by atoms with Crippen LogP contribution >= 0.6 is 11.6 Å². The molecule has 0 aliphatic heterocycles. The third-order valence-electron chi connectivity index (χ3n) is 20.9. The van der Waals surface area contributed by atoms with Gasteiger partial charge in [-0.3, -0.25) is 0 Å². The molecule has 0 aliphatic rings. The molecule has 16 aromatic carbocycles. The Hall–Kier alpha value is -14.4. The Labute approximate surface area is 667 Å².